The van der Waals surface area contributed by atoms with E-state index in [0.717, 1.165) is 35.2 Å². The molecule has 3 aliphatic heterocycles. The molecule has 5 heterocycles. The summed E-state index contributed by atoms with van der Waals surface area (Å²) >= 11 is 1.70. The van der Waals surface area contributed by atoms with E-state index < -0.39 is 5.95 Å². The average Bonchev–Trinajstić information content (AvgIpc) is 3.23. The molecule has 7 nitrogen and oxygen atoms in total. The number of halogens is 1. The van der Waals surface area contributed by atoms with Crippen molar-refractivity contribution in [2.45, 2.75) is 37.9 Å². The zero-order valence-electron chi connectivity index (χ0n) is 15.7. The van der Waals surface area contributed by atoms with Crippen LogP contribution in [0.3, 0.4) is 0 Å². The Morgan fingerprint density at radius 3 is 2.82 bits per heavy atom. The number of carbonyl (C=O) groups is 1. The number of ether oxygens (including phenoxy) is 1. The Balaban J connectivity index is 1.37. The number of hydrogen-bond donors (Lipinski definition) is 1. The highest BCUT2D eigenvalue weighted by Gasteiger charge is 2.39. The molecular formula is C19H22FN5O2S. The third-order valence-corrected chi connectivity index (χ3v) is 6.95. The van der Waals surface area contributed by atoms with Crippen LogP contribution in [0.4, 0.5) is 9.52 Å². The van der Waals surface area contributed by atoms with Crippen molar-refractivity contribution in [2.24, 2.45) is 0 Å². The second kappa shape index (κ2) is 6.97. The van der Waals surface area contributed by atoms with Crippen LogP contribution >= 0.6 is 11.3 Å². The van der Waals surface area contributed by atoms with Crippen molar-refractivity contribution in [3.8, 4) is 5.88 Å². The Bertz CT molecular complexity index is 904. The summed E-state index contributed by atoms with van der Waals surface area (Å²) in [4.78, 5) is 27.0. The predicted octanol–water partition coefficient (Wildman–Crippen LogP) is 1.82. The summed E-state index contributed by atoms with van der Waals surface area (Å²) in [5, 5.41) is 4.59. The largest absolute Gasteiger partial charge is 0.480 e. The first-order chi connectivity index (χ1) is 13.6. The normalized spacial score (nSPS) is 23.6. The van der Waals surface area contributed by atoms with Crippen LogP contribution in [0.25, 0.3) is 0 Å². The van der Waals surface area contributed by atoms with Crippen molar-refractivity contribution in [3.63, 3.8) is 0 Å². The molecule has 2 fully saturated rings. The second-order valence-electron chi connectivity index (χ2n) is 7.48. The van der Waals surface area contributed by atoms with Crippen molar-refractivity contribution in [3.05, 3.63) is 34.2 Å². The molecule has 2 saturated heterocycles. The molecule has 0 aliphatic carbocycles. The number of nitrogens with one attached hydrogen (secondary N) is 1. The summed E-state index contributed by atoms with van der Waals surface area (Å²) in [6.07, 6.45) is 3.16. The smallest absolute Gasteiger partial charge is 0.259 e. The van der Waals surface area contributed by atoms with E-state index in [1.165, 1.54) is 32.1 Å². The van der Waals surface area contributed by atoms with E-state index in [9.17, 15) is 9.18 Å². The molecule has 2 aromatic heterocycles. The van der Waals surface area contributed by atoms with Crippen molar-refractivity contribution in [2.75, 3.05) is 31.6 Å². The molecule has 28 heavy (non-hydrogen) atoms. The predicted molar refractivity (Wildman–Crippen MR) is 103 cm³/mol. The molecule has 0 aromatic carbocycles. The molecule has 148 valence electrons. The average molecular weight is 403 g/mol. The topological polar surface area (TPSA) is 70.6 Å². The highest BCUT2D eigenvalue weighted by atomic mass is 32.1. The van der Waals surface area contributed by atoms with E-state index in [-0.39, 0.29) is 17.4 Å². The Morgan fingerprint density at radius 1 is 1.29 bits per heavy atom. The fourth-order valence-electron chi connectivity index (χ4n) is 4.46. The number of hydrogen-bond acceptors (Lipinski definition) is 7. The number of nitrogens with zero attached hydrogens (tertiary/aromatic N) is 4. The third kappa shape index (κ3) is 2.93. The van der Waals surface area contributed by atoms with Crippen LogP contribution in [0.15, 0.2) is 12.1 Å². The lowest BCUT2D eigenvalue weighted by atomic mass is 10.1. The quantitative estimate of drug-likeness (QED) is 0.789. The van der Waals surface area contributed by atoms with E-state index in [1.807, 2.05) is 0 Å². The van der Waals surface area contributed by atoms with Gasteiger partial charge in [0.05, 0.1) is 19.3 Å². The van der Waals surface area contributed by atoms with Crippen LogP contribution in [-0.4, -0.2) is 59.6 Å². The summed E-state index contributed by atoms with van der Waals surface area (Å²) in [5.74, 6) is -0.822. The fraction of sp³-hybridized carbons (Fsp3) is 0.526. The molecule has 0 radical (unpaired) electrons. The lowest BCUT2D eigenvalue weighted by Crippen LogP contribution is -2.51. The molecule has 2 atom stereocenters. The standard InChI is InChI=1S/C19H22FN5O2S/c1-27-17-13(4-5-16(20)23-17)18(26)24-7-6-14-15(10-24)28-19(22-14)25-11-2-3-12(25)9-21-8-11/h4-5,11-12,21H,2-3,6-10H2,1H3. The number of methoxy groups -OCH3 is 1. The van der Waals surface area contributed by atoms with Gasteiger partial charge < -0.3 is 19.9 Å². The molecule has 1 N–H and O–H groups in total. The van der Waals surface area contributed by atoms with E-state index >= 15 is 0 Å². The van der Waals surface area contributed by atoms with Crippen LogP contribution < -0.4 is 15.0 Å². The lowest BCUT2D eigenvalue weighted by Gasteiger charge is -2.35. The van der Waals surface area contributed by atoms with Gasteiger partial charge in [0.1, 0.15) is 5.56 Å². The van der Waals surface area contributed by atoms with Crippen LogP contribution in [0.5, 0.6) is 5.88 Å². The molecule has 0 spiro atoms. The van der Waals surface area contributed by atoms with Gasteiger partial charge >= 0.3 is 0 Å². The molecule has 1 amide bonds. The SMILES string of the molecule is COc1nc(F)ccc1C(=O)N1CCc2nc(N3C4CCC3CNC4)sc2C1. The van der Waals surface area contributed by atoms with Gasteiger partial charge in [-0.15, -0.1) is 0 Å². The van der Waals surface area contributed by atoms with Crippen LogP contribution in [0.1, 0.15) is 33.8 Å². The van der Waals surface area contributed by atoms with Crippen molar-refractivity contribution in [1.29, 1.82) is 0 Å². The Labute approximate surface area is 166 Å². The van der Waals surface area contributed by atoms with Crippen LogP contribution in [0.2, 0.25) is 0 Å². The number of fused-ring (bicyclic) bond motifs is 3. The van der Waals surface area contributed by atoms with Gasteiger partial charge in [-0.05, 0) is 25.0 Å². The molecule has 3 aliphatic rings. The molecule has 2 unspecified atom stereocenters. The molecule has 0 saturated carbocycles. The van der Waals surface area contributed by atoms with Gasteiger partial charge in [0, 0.05) is 43.0 Å². The molecule has 2 aromatic rings. The van der Waals surface area contributed by atoms with Gasteiger partial charge in [-0.25, -0.2) is 4.98 Å². The summed E-state index contributed by atoms with van der Waals surface area (Å²) in [5.41, 5.74) is 1.39. The van der Waals surface area contributed by atoms with Crippen LogP contribution in [-0.2, 0) is 13.0 Å². The number of rotatable bonds is 3. The summed E-state index contributed by atoms with van der Waals surface area (Å²) in [6, 6.07) is 3.68. The van der Waals surface area contributed by atoms with Crippen molar-refractivity contribution in [1.82, 2.24) is 20.2 Å². The number of anilines is 1. The summed E-state index contributed by atoms with van der Waals surface area (Å²) in [6.45, 7) is 3.14. The van der Waals surface area contributed by atoms with Gasteiger partial charge in [-0.3, -0.25) is 4.79 Å². The monoisotopic (exact) mass is 403 g/mol. The highest BCUT2D eigenvalue weighted by Crippen LogP contribution is 2.38. The van der Waals surface area contributed by atoms with Gasteiger partial charge in [-0.2, -0.15) is 9.37 Å². The second-order valence-corrected chi connectivity index (χ2v) is 8.55. The number of piperazine rings is 1. The van der Waals surface area contributed by atoms with Crippen LogP contribution in [0, 0.1) is 5.95 Å². The van der Waals surface area contributed by atoms with Crippen molar-refractivity contribution >= 4 is 22.4 Å². The molecule has 9 heteroatoms. The first-order valence-electron chi connectivity index (χ1n) is 9.61. The van der Waals surface area contributed by atoms with Gasteiger partial charge in [-0.1, -0.05) is 11.3 Å². The minimum atomic E-state index is -0.660. The maximum Gasteiger partial charge on any atom is 0.259 e. The number of amides is 1. The molecular weight excluding hydrogens is 381 g/mol. The lowest BCUT2D eigenvalue weighted by molar-refractivity contribution is 0.0731. The summed E-state index contributed by atoms with van der Waals surface area (Å²) < 4.78 is 18.5. The number of thiazole rings is 1. The third-order valence-electron chi connectivity index (χ3n) is 5.86. The number of carbonyl (C=O) groups excluding carboxylic acids is 1. The Morgan fingerprint density at radius 2 is 2.07 bits per heavy atom. The highest BCUT2D eigenvalue weighted by molar-refractivity contribution is 7.15. The fourth-order valence-corrected chi connectivity index (χ4v) is 5.73. The Kier molecular flexibility index (Phi) is 4.43. The van der Waals surface area contributed by atoms with E-state index in [0.29, 0.717) is 25.2 Å². The minimum absolute atomic E-state index is 0.0261. The first kappa shape index (κ1) is 17.8. The Hall–Kier alpha value is -2.26. The molecule has 5 rings (SSSR count). The summed E-state index contributed by atoms with van der Waals surface area (Å²) in [7, 11) is 1.39. The minimum Gasteiger partial charge on any atom is -0.480 e. The first-order valence-corrected chi connectivity index (χ1v) is 10.4. The van der Waals surface area contributed by atoms with Gasteiger partial charge in [0.2, 0.25) is 11.8 Å². The maximum atomic E-state index is 13.4. The zero-order valence-corrected chi connectivity index (χ0v) is 16.5. The van der Waals surface area contributed by atoms with Gasteiger partial charge in [0.15, 0.2) is 5.13 Å². The van der Waals surface area contributed by atoms with E-state index in [4.69, 9.17) is 9.72 Å². The zero-order chi connectivity index (χ0) is 19.3. The van der Waals surface area contributed by atoms with Gasteiger partial charge in [0.25, 0.3) is 5.91 Å². The van der Waals surface area contributed by atoms with Crippen molar-refractivity contribution < 1.29 is 13.9 Å². The van der Waals surface area contributed by atoms with E-state index in [1.54, 1.807) is 16.2 Å². The maximum absolute atomic E-state index is 13.4. The molecule has 2 bridgehead atoms. The number of aromatic nitrogens is 2. The number of pyridine rings is 1. The van der Waals surface area contributed by atoms with E-state index in [2.05, 4.69) is 15.2 Å².